The van der Waals surface area contributed by atoms with Crippen molar-refractivity contribution < 1.29 is 14.6 Å². The number of aryl methyl sites for hydroxylation is 1. The zero-order valence-electron chi connectivity index (χ0n) is 13.2. The van der Waals surface area contributed by atoms with Gasteiger partial charge in [-0.2, -0.15) is 0 Å². The fourth-order valence-corrected chi connectivity index (χ4v) is 3.24. The van der Waals surface area contributed by atoms with Crippen molar-refractivity contribution in [1.29, 1.82) is 0 Å². The van der Waals surface area contributed by atoms with Crippen LogP contribution < -0.4 is 9.64 Å². The molecule has 1 aromatic carbocycles. The predicted octanol–water partition coefficient (Wildman–Crippen LogP) is 2.14. The van der Waals surface area contributed by atoms with Crippen LogP contribution in [0.2, 0.25) is 0 Å². The molecule has 2 aromatic rings. The van der Waals surface area contributed by atoms with Crippen molar-refractivity contribution in [3.63, 3.8) is 0 Å². The third-order valence-electron chi connectivity index (χ3n) is 4.36. The first-order valence-electron chi connectivity index (χ1n) is 7.52. The lowest BCUT2D eigenvalue weighted by Crippen LogP contribution is -2.32. The molecule has 0 spiro atoms. The van der Waals surface area contributed by atoms with Crippen LogP contribution in [0.5, 0.6) is 5.75 Å². The van der Waals surface area contributed by atoms with E-state index in [1.54, 1.807) is 14.2 Å². The number of pyridine rings is 1. The summed E-state index contributed by atoms with van der Waals surface area (Å²) >= 11 is 0. The maximum atomic E-state index is 9.72. The summed E-state index contributed by atoms with van der Waals surface area (Å²) in [5, 5.41) is 10.8. The fraction of sp³-hybridized carbons (Fsp3) is 0.471. The summed E-state index contributed by atoms with van der Waals surface area (Å²) in [5.74, 6) is 0.769. The highest BCUT2D eigenvalue weighted by Crippen LogP contribution is 2.36. The van der Waals surface area contributed by atoms with E-state index in [-0.39, 0.29) is 18.8 Å². The van der Waals surface area contributed by atoms with Gasteiger partial charge in [0.05, 0.1) is 25.9 Å². The summed E-state index contributed by atoms with van der Waals surface area (Å²) in [6, 6.07) is 8.08. The summed E-state index contributed by atoms with van der Waals surface area (Å²) in [6.45, 7) is 2.87. The lowest BCUT2D eigenvalue weighted by Gasteiger charge is -2.27. The van der Waals surface area contributed by atoms with Gasteiger partial charge >= 0.3 is 0 Å². The molecule has 0 amide bonds. The van der Waals surface area contributed by atoms with Gasteiger partial charge in [0, 0.05) is 30.4 Å². The summed E-state index contributed by atoms with van der Waals surface area (Å²) in [5.41, 5.74) is 2.88. The highest BCUT2D eigenvalue weighted by molar-refractivity contribution is 5.95. The van der Waals surface area contributed by atoms with E-state index in [1.807, 2.05) is 25.1 Å². The van der Waals surface area contributed by atoms with Gasteiger partial charge in [0.1, 0.15) is 11.3 Å². The summed E-state index contributed by atoms with van der Waals surface area (Å²) in [6.07, 6.45) is 0.978. The van der Waals surface area contributed by atoms with Gasteiger partial charge in [0.25, 0.3) is 0 Å². The van der Waals surface area contributed by atoms with Gasteiger partial charge < -0.3 is 19.5 Å². The highest BCUT2D eigenvalue weighted by Gasteiger charge is 2.33. The number of aliphatic hydroxyl groups excluding tert-OH is 1. The van der Waals surface area contributed by atoms with Crippen LogP contribution in [0.15, 0.2) is 24.3 Å². The van der Waals surface area contributed by atoms with Crippen LogP contribution in [-0.4, -0.2) is 49.6 Å². The molecule has 0 unspecified atom stereocenters. The largest absolute Gasteiger partial charge is 0.494 e. The lowest BCUT2D eigenvalue weighted by molar-refractivity contribution is 0.115. The summed E-state index contributed by atoms with van der Waals surface area (Å²) in [7, 11) is 3.38. The average Bonchev–Trinajstić information content (AvgIpc) is 2.96. The van der Waals surface area contributed by atoms with Gasteiger partial charge in [0.2, 0.25) is 0 Å². The van der Waals surface area contributed by atoms with Gasteiger partial charge in [-0.3, -0.25) is 0 Å². The van der Waals surface area contributed by atoms with Crippen molar-refractivity contribution in [1.82, 2.24) is 4.98 Å². The number of hydrogen-bond acceptors (Lipinski definition) is 5. The van der Waals surface area contributed by atoms with Gasteiger partial charge in [-0.15, -0.1) is 0 Å². The molecule has 1 aromatic heterocycles. The van der Waals surface area contributed by atoms with Crippen molar-refractivity contribution in [3.8, 4) is 5.75 Å². The normalized spacial score (nSPS) is 21.5. The molecule has 5 heteroatoms. The van der Waals surface area contributed by atoms with Gasteiger partial charge in [-0.25, -0.2) is 4.98 Å². The molecular formula is C17H22N2O3. The number of hydrogen-bond donors (Lipinski definition) is 1. The van der Waals surface area contributed by atoms with Gasteiger partial charge in [-0.05, 0) is 25.5 Å². The first-order valence-corrected chi connectivity index (χ1v) is 7.52. The number of aliphatic hydroxyl groups is 1. The number of benzene rings is 1. The molecule has 1 saturated heterocycles. The van der Waals surface area contributed by atoms with E-state index in [0.717, 1.165) is 41.0 Å². The standard InChI is InChI=1S/C17H22N2O3/c1-11-7-15(19-9-13(21-2)8-12(19)10-20)14-5-4-6-16(22-3)17(14)18-11/h4-7,12-13,20H,8-10H2,1-3H3/t12-,13+/m0/s1. The Labute approximate surface area is 130 Å². The number of rotatable bonds is 4. The number of ether oxygens (including phenoxy) is 2. The number of fused-ring (bicyclic) bond motifs is 1. The Morgan fingerprint density at radius 2 is 2.18 bits per heavy atom. The molecule has 0 saturated carbocycles. The number of nitrogens with zero attached hydrogens (tertiary/aromatic N) is 2. The second-order valence-electron chi connectivity index (χ2n) is 5.72. The number of aromatic nitrogens is 1. The van der Waals surface area contributed by atoms with E-state index >= 15 is 0 Å². The molecule has 0 aliphatic carbocycles. The highest BCUT2D eigenvalue weighted by atomic mass is 16.5. The third kappa shape index (κ3) is 2.51. The van der Waals surface area contributed by atoms with Crippen LogP contribution in [0, 0.1) is 6.92 Å². The molecule has 3 rings (SSSR count). The molecule has 22 heavy (non-hydrogen) atoms. The SMILES string of the molecule is COc1cccc2c(N3C[C@H](OC)C[C@H]3CO)cc(C)nc12. The average molecular weight is 302 g/mol. The zero-order valence-corrected chi connectivity index (χ0v) is 13.2. The predicted molar refractivity (Wildman–Crippen MR) is 86.7 cm³/mol. The Morgan fingerprint density at radius 3 is 2.86 bits per heavy atom. The van der Waals surface area contributed by atoms with E-state index in [0.29, 0.717) is 0 Å². The molecule has 2 atom stereocenters. The molecule has 1 aliphatic rings. The minimum absolute atomic E-state index is 0.0705. The fourth-order valence-electron chi connectivity index (χ4n) is 3.24. The first kappa shape index (κ1) is 15.1. The van der Waals surface area contributed by atoms with E-state index in [1.165, 1.54) is 0 Å². The van der Waals surface area contributed by atoms with Gasteiger partial charge in [-0.1, -0.05) is 12.1 Å². The van der Waals surface area contributed by atoms with Crippen molar-refractivity contribution in [2.24, 2.45) is 0 Å². The third-order valence-corrected chi connectivity index (χ3v) is 4.36. The second-order valence-corrected chi connectivity index (χ2v) is 5.72. The Bertz CT molecular complexity index is 674. The quantitative estimate of drug-likeness (QED) is 0.938. The van der Waals surface area contributed by atoms with E-state index in [9.17, 15) is 5.11 Å². The van der Waals surface area contributed by atoms with E-state index in [4.69, 9.17) is 9.47 Å². The molecule has 118 valence electrons. The second kappa shape index (κ2) is 6.10. The monoisotopic (exact) mass is 302 g/mol. The minimum atomic E-state index is 0.0705. The maximum absolute atomic E-state index is 9.72. The summed E-state index contributed by atoms with van der Waals surface area (Å²) < 4.78 is 10.9. The van der Waals surface area contributed by atoms with E-state index < -0.39 is 0 Å². The number of para-hydroxylation sites is 1. The van der Waals surface area contributed by atoms with Crippen LogP contribution in [0.1, 0.15) is 12.1 Å². The number of anilines is 1. The first-order chi connectivity index (χ1) is 10.7. The van der Waals surface area contributed by atoms with Crippen LogP contribution in [0.3, 0.4) is 0 Å². The van der Waals surface area contributed by atoms with Crippen molar-refractivity contribution in [3.05, 3.63) is 30.0 Å². The molecule has 1 aliphatic heterocycles. The van der Waals surface area contributed by atoms with Crippen molar-refractivity contribution in [2.45, 2.75) is 25.5 Å². The summed E-state index contributed by atoms with van der Waals surface area (Å²) in [4.78, 5) is 6.85. The Kier molecular flexibility index (Phi) is 4.18. The topological polar surface area (TPSA) is 54.8 Å². The molecule has 5 nitrogen and oxygen atoms in total. The van der Waals surface area contributed by atoms with Gasteiger partial charge in [0.15, 0.2) is 0 Å². The molecule has 0 radical (unpaired) electrons. The Hall–Kier alpha value is -1.85. The van der Waals surface area contributed by atoms with Crippen molar-refractivity contribution in [2.75, 3.05) is 32.3 Å². The zero-order chi connectivity index (χ0) is 15.7. The van der Waals surface area contributed by atoms with Crippen LogP contribution >= 0.6 is 0 Å². The minimum Gasteiger partial charge on any atom is -0.494 e. The Morgan fingerprint density at radius 1 is 1.36 bits per heavy atom. The van der Waals surface area contributed by atoms with Crippen LogP contribution in [0.4, 0.5) is 5.69 Å². The molecule has 1 fully saturated rings. The maximum Gasteiger partial charge on any atom is 0.145 e. The van der Waals surface area contributed by atoms with Crippen molar-refractivity contribution >= 4 is 16.6 Å². The lowest BCUT2D eigenvalue weighted by atomic mass is 10.1. The molecule has 0 bridgehead atoms. The molecule has 1 N–H and O–H groups in total. The van der Waals surface area contributed by atoms with E-state index in [2.05, 4.69) is 16.0 Å². The van der Waals surface area contributed by atoms with Crippen LogP contribution in [-0.2, 0) is 4.74 Å². The Balaban J connectivity index is 2.14. The van der Waals surface area contributed by atoms with Crippen LogP contribution in [0.25, 0.3) is 10.9 Å². The number of methoxy groups -OCH3 is 2. The molecular weight excluding hydrogens is 280 g/mol. The molecule has 2 heterocycles. The smallest absolute Gasteiger partial charge is 0.145 e.